The lowest BCUT2D eigenvalue weighted by Gasteiger charge is -2.02. The van der Waals surface area contributed by atoms with Crippen molar-refractivity contribution in [1.29, 1.82) is 0 Å². The fourth-order valence-electron chi connectivity index (χ4n) is 1.59. The van der Waals surface area contributed by atoms with Gasteiger partial charge in [0.1, 0.15) is 11.7 Å². The van der Waals surface area contributed by atoms with E-state index in [9.17, 15) is 4.79 Å². The molecule has 1 aliphatic heterocycles. The molecule has 0 aromatic rings. The van der Waals surface area contributed by atoms with Gasteiger partial charge in [-0.15, -0.1) is 0 Å². The minimum Gasteiger partial charge on any atom is -0.358 e. The van der Waals surface area contributed by atoms with E-state index in [4.69, 9.17) is 4.74 Å². The molecule has 0 N–H and O–H groups in total. The third kappa shape index (κ3) is 2.66. The molecule has 2 nitrogen and oxygen atoms in total. The highest BCUT2D eigenvalue weighted by molar-refractivity contribution is 5.84. The highest BCUT2D eigenvalue weighted by Crippen LogP contribution is 2.40. The summed E-state index contributed by atoms with van der Waals surface area (Å²) >= 11 is 0. The van der Waals surface area contributed by atoms with Crippen LogP contribution in [0.3, 0.4) is 0 Å². The summed E-state index contributed by atoms with van der Waals surface area (Å²) in [6.07, 6.45) is 3.99. The van der Waals surface area contributed by atoms with Crippen molar-refractivity contribution in [1.82, 2.24) is 0 Å². The number of carbonyl (C=O) groups excluding carboxylic acids is 1. The maximum atomic E-state index is 11.0. The van der Waals surface area contributed by atoms with Crippen molar-refractivity contribution in [2.75, 3.05) is 0 Å². The van der Waals surface area contributed by atoms with E-state index in [1.54, 1.807) is 6.92 Å². The second-order valence-corrected chi connectivity index (χ2v) is 4.24. The first-order valence-electron chi connectivity index (χ1n) is 4.77. The van der Waals surface area contributed by atoms with Gasteiger partial charge in [-0.1, -0.05) is 11.6 Å². The van der Waals surface area contributed by atoms with E-state index in [2.05, 4.69) is 19.9 Å². The van der Waals surface area contributed by atoms with Crippen LogP contribution in [0.2, 0.25) is 0 Å². The van der Waals surface area contributed by atoms with Crippen LogP contribution in [0.15, 0.2) is 11.6 Å². The van der Waals surface area contributed by atoms with Crippen molar-refractivity contribution in [3.8, 4) is 0 Å². The first-order chi connectivity index (χ1) is 5.96. The van der Waals surface area contributed by atoms with Crippen molar-refractivity contribution in [2.45, 2.75) is 52.2 Å². The van der Waals surface area contributed by atoms with Crippen LogP contribution in [0.4, 0.5) is 0 Å². The molecule has 0 aromatic heterocycles. The summed E-state index contributed by atoms with van der Waals surface area (Å²) in [6, 6.07) is 0. The van der Waals surface area contributed by atoms with E-state index in [1.165, 1.54) is 5.57 Å². The molecule has 1 heterocycles. The number of carbonyl (C=O) groups is 1. The standard InChI is InChI=1S/C11H18O2/c1-8(2)6-5-7-11(4)10(13-11)9(3)12/h6,10H,5,7H2,1-4H3. The molecule has 0 bridgehead atoms. The molecule has 0 aromatic carbocycles. The zero-order valence-electron chi connectivity index (χ0n) is 8.89. The summed E-state index contributed by atoms with van der Waals surface area (Å²) in [6.45, 7) is 7.77. The van der Waals surface area contributed by atoms with Crippen LogP contribution in [0.1, 0.15) is 40.5 Å². The van der Waals surface area contributed by atoms with Crippen molar-refractivity contribution in [2.24, 2.45) is 0 Å². The summed E-state index contributed by atoms with van der Waals surface area (Å²) < 4.78 is 5.37. The molecule has 74 valence electrons. The largest absolute Gasteiger partial charge is 0.358 e. The lowest BCUT2D eigenvalue weighted by molar-refractivity contribution is -0.118. The quantitative estimate of drug-likeness (QED) is 0.494. The van der Waals surface area contributed by atoms with Gasteiger partial charge in [0.2, 0.25) is 0 Å². The van der Waals surface area contributed by atoms with E-state index in [1.807, 2.05) is 6.92 Å². The summed E-state index contributed by atoms with van der Waals surface area (Å²) in [4.78, 5) is 11.0. The molecule has 2 heteroatoms. The molecule has 0 amide bonds. The first kappa shape index (κ1) is 10.5. The number of ether oxygens (including phenoxy) is 1. The van der Waals surface area contributed by atoms with Crippen molar-refractivity contribution < 1.29 is 9.53 Å². The highest BCUT2D eigenvalue weighted by Gasteiger charge is 2.54. The topological polar surface area (TPSA) is 29.6 Å². The fraction of sp³-hybridized carbons (Fsp3) is 0.727. The summed E-state index contributed by atoms with van der Waals surface area (Å²) in [5.74, 6) is 0.153. The molecule has 2 unspecified atom stereocenters. The molecule has 0 aliphatic carbocycles. The van der Waals surface area contributed by atoms with Gasteiger partial charge in [-0.2, -0.15) is 0 Å². The third-order valence-electron chi connectivity index (χ3n) is 2.45. The van der Waals surface area contributed by atoms with E-state index in [-0.39, 0.29) is 17.5 Å². The van der Waals surface area contributed by atoms with Gasteiger partial charge in [0.05, 0.1) is 0 Å². The lowest BCUT2D eigenvalue weighted by Crippen LogP contribution is -2.14. The Bertz CT molecular complexity index is 238. The molecule has 13 heavy (non-hydrogen) atoms. The maximum Gasteiger partial charge on any atom is 0.161 e. The number of hydrogen-bond donors (Lipinski definition) is 0. The smallest absolute Gasteiger partial charge is 0.161 e. The molecule has 1 saturated heterocycles. The SMILES string of the molecule is CC(=O)C1OC1(C)CCC=C(C)C. The Kier molecular flexibility index (Phi) is 2.91. The molecular weight excluding hydrogens is 164 g/mol. The van der Waals surface area contributed by atoms with Crippen LogP contribution in [0.5, 0.6) is 0 Å². The number of hydrogen-bond acceptors (Lipinski definition) is 2. The van der Waals surface area contributed by atoms with E-state index in [0.717, 1.165) is 12.8 Å². The Morgan fingerprint density at radius 3 is 2.46 bits per heavy atom. The predicted molar refractivity (Wildman–Crippen MR) is 52.6 cm³/mol. The van der Waals surface area contributed by atoms with Crippen LogP contribution in [0.25, 0.3) is 0 Å². The zero-order valence-corrected chi connectivity index (χ0v) is 8.89. The third-order valence-corrected chi connectivity index (χ3v) is 2.45. The Hall–Kier alpha value is -0.630. The van der Waals surface area contributed by atoms with Crippen molar-refractivity contribution >= 4 is 5.78 Å². The average Bonchev–Trinajstić information content (AvgIpc) is 2.62. The van der Waals surface area contributed by atoms with Gasteiger partial charge < -0.3 is 4.74 Å². The van der Waals surface area contributed by atoms with E-state index >= 15 is 0 Å². The predicted octanol–water partition coefficient (Wildman–Crippen LogP) is 2.48. The zero-order chi connectivity index (χ0) is 10.1. The molecule has 0 radical (unpaired) electrons. The molecule has 0 saturated carbocycles. The van der Waals surface area contributed by atoms with E-state index < -0.39 is 0 Å². The van der Waals surface area contributed by atoms with Gasteiger partial charge in [-0.3, -0.25) is 4.79 Å². The van der Waals surface area contributed by atoms with Crippen LogP contribution in [-0.4, -0.2) is 17.5 Å². The Morgan fingerprint density at radius 1 is 1.46 bits per heavy atom. The highest BCUT2D eigenvalue weighted by atomic mass is 16.6. The molecular formula is C11H18O2. The van der Waals surface area contributed by atoms with E-state index in [0.29, 0.717) is 0 Å². The maximum absolute atomic E-state index is 11.0. The Morgan fingerprint density at radius 2 is 2.08 bits per heavy atom. The fourth-order valence-corrected chi connectivity index (χ4v) is 1.59. The van der Waals surface area contributed by atoms with Gasteiger partial charge in [0.25, 0.3) is 0 Å². The van der Waals surface area contributed by atoms with Gasteiger partial charge >= 0.3 is 0 Å². The number of Topliss-reactive ketones (excluding diaryl/α,β-unsaturated/α-hetero) is 1. The second kappa shape index (κ2) is 3.62. The summed E-state index contributed by atoms with van der Waals surface area (Å²) in [5, 5.41) is 0. The normalized spacial score (nSPS) is 31.2. The lowest BCUT2D eigenvalue weighted by atomic mass is 9.99. The minimum absolute atomic E-state index is 0.141. The molecule has 0 spiro atoms. The number of rotatable bonds is 4. The average molecular weight is 182 g/mol. The number of allylic oxidation sites excluding steroid dienone is 2. The van der Waals surface area contributed by atoms with Crippen molar-refractivity contribution in [3.05, 3.63) is 11.6 Å². The molecule has 2 atom stereocenters. The Labute approximate surface area is 80.0 Å². The molecule has 1 rings (SSSR count). The number of ketones is 1. The van der Waals surface area contributed by atoms with Gasteiger partial charge in [0.15, 0.2) is 5.78 Å². The number of epoxide rings is 1. The van der Waals surface area contributed by atoms with Gasteiger partial charge in [-0.05, 0) is 40.5 Å². The van der Waals surface area contributed by atoms with Crippen LogP contribution >= 0.6 is 0 Å². The van der Waals surface area contributed by atoms with Crippen molar-refractivity contribution in [3.63, 3.8) is 0 Å². The first-order valence-corrected chi connectivity index (χ1v) is 4.77. The summed E-state index contributed by atoms with van der Waals surface area (Å²) in [7, 11) is 0. The van der Waals surface area contributed by atoms with Gasteiger partial charge in [0, 0.05) is 0 Å². The molecule has 1 fully saturated rings. The van der Waals surface area contributed by atoms with Crippen LogP contribution in [-0.2, 0) is 9.53 Å². The summed E-state index contributed by atoms with van der Waals surface area (Å²) in [5.41, 5.74) is 1.15. The van der Waals surface area contributed by atoms with Crippen LogP contribution < -0.4 is 0 Å². The second-order valence-electron chi connectivity index (χ2n) is 4.24. The molecule has 1 aliphatic rings. The monoisotopic (exact) mass is 182 g/mol. The van der Waals surface area contributed by atoms with Gasteiger partial charge in [-0.25, -0.2) is 0 Å². The van der Waals surface area contributed by atoms with Crippen LogP contribution in [0, 0.1) is 0 Å². The Balaban J connectivity index is 2.32. The minimum atomic E-state index is -0.169.